The van der Waals surface area contributed by atoms with Gasteiger partial charge in [0.25, 0.3) is 5.69 Å². The fraction of sp³-hybridized carbons (Fsp3) is 0.400. The predicted molar refractivity (Wildman–Crippen MR) is 52.0 cm³/mol. The Kier molecular flexibility index (Phi) is 2.55. The molecular formula is C10H12FNO2. The molecule has 76 valence electrons. The van der Waals surface area contributed by atoms with E-state index in [-0.39, 0.29) is 11.5 Å². The number of nitrogens with zero attached hydrogens (tertiary/aromatic N) is 1. The zero-order chi connectivity index (χ0) is 11.0. The highest BCUT2D eigenvalue weighted by molar-refractivity contribution is 5.54. The van der Waals surface area contributed by atoms with Crippen molar-refractivity contribution in [2.45, 2.75) is 27.7 Å². The van der Waals surface area contributed by atoms with Gasteiger partial charge in [0.1, 0.15) is 5.82 Å². The first-order valence-electron chi connectivity index (χ1n) is 4.28. The lowest BCUT2D eigenvalue weighted by atomic mass is 9.98. The summed E-state index contributed by atoms with van der Waals surface area (Å²) in [5, 5.41) is 10.7. The second kappa shape index (κ2) is 3.36. The lowest BCUT2D eigenvalue weighted by molar-refractivity contribution is -0.386. The molecule has 0 atom stereocenters. The molecule has 0 aliphatic carbocycles. The van der Waals surface area contributed by atoms with Crippen LogP contribution in [0.5, 0.6) is 0 Å². The fourth-order valence-electron chi connectivity index (χ4n) is 1.52. The highest BCUT2D eigenvalue weighted by atomic mass is 19.1. The third kappa shape index (κ3) is 1.36. The number of nitro groups is 1. The van der Waals surface area contributed by atoms with E-state index in [0.29, 0.717) is 22.3 Å². The first-order valence-corrected chi connectivity index (χ1v) is 4.28. The molecule has 0 heterocycles. The van der Waals surface area contributed by atoms with E-state index in [4.69, 9.17) is 0 Å². The standard InChI is InChI=1S/C10H12FNO2/c1-5-7(3)10(12(13)14)8(4)6(2)9(5)11/h1-4H3. The largest absolute Gasteiger partial charge is 0.275 e. The van der Waals surface area contributed by atoms with Gasteiger partial charge in [-0.05, 0) is 38.8 Å². The van der Waals surface area contributed by atoms with Crippen LogP contribution >= 0.6 is 0 Å². The lowest BCUT2D eigenvalue weighted by Gasteiger charge is -2.09. The van der Waals surface area contributed by atoms with Crippen LogP contribution in [-0.2, 0) is 0 Å². The highest BCUT2D eigenvalue weighted by Crippen LogP contribution is 2.30. The monoisotopic (exact) mass is 197 g/mol. The average Bonchev–Trinajstić information content (AvgIpc) is 2.11. The molecule has 0 amide bonds. The van der Waals surface area contributed by atoms with Crippen LogP contribution in [0, 0.1) is 43.6 Å². The van der Waals surface area contributed by atoms with Gasteiger partial charge in [0, 0.05) is 11.1 Å². The molecule has 0 fully saturated rings. The number of halogens is 1. The summed E-state index contributed by atoms with van der Waals surface area (Å²) in [4.78, 5) is 10.3. The molecule has 0 bridgehead atoms. The molecule has 0 aromatic heterocycles. The summed E-state index contributed by atoms with van der Waals surface area (Å²) >= 11 is 0. The Bertz CT molecular complexity index is 384. The summed E-state index contributed by atoms with van der Waals surface area (Å²) in [6, 6.07) is 0. The molecule has 0 unspecified atom stereocenters. The topological polar surface area (TPSA) is 43.1 Å². The van der Waals surface area contributed by atoms with Gasteiger partial charge in [0.2, 0.25) is 0 Å². The Hall–Kier alpha value is -1.45. The minimum atomic E-state index is -0.454. The van der Waals surface area contributed by atoms with Gasteiger partial charge in [-0.1, -0.05) is 0 Å². The SMILES string of the molecule is Cc1c(C)c([N+](=O)[O-])c(C)c(C)c1F. The Morgan fingerprint density at radius 3 is 1.64 bits per heavy atom. The summed E-state index contributed by atoms with van der Waals surface area (Å²) in [5.74, 6) is -0.342. The van der Waals surface area contributed by atoms with Gasteiger partial charge in [0.05, 0.1) is 4.92 Å². The van der Waals surface area contributed by atoms with Crippen molar-refractivity contribution in [2.75, 3.05) is 0 Å². The third-order valence-electron chi connectivity index (χ3n) is 2.68. The Morgan fingerprint density at radius 1 is 1.00 bits per heavy atom. The normalized spacial score (nSPS) is 10.4. The van der Waals surface area contributed by atoms with Crippen molar-refractivity contribution in [2.24, 2.45) is 0 Å². The molecule has 1 aromatic carbocycles. The highest BCUT2D eigenvalue weighted by Gasteiger charge is 2.22. The van der Waals surface area contributed by atoms with Crippen LogP contribution in [0.15, 0.2) is 0 Å². The quantitative estimate of drug-likeness (QED) is 0.513. The second-order valence-electron chi connectivity index (χ2n) is 3.42. The van der Waals surface area contributed by atoms with Gasteiger partial charge < -0.3 is 0 Å². The van der Waals surface area contributed by atoms with Gasteiger partial charge in [-0.2, -0.15) is 0 Å². The minimum absolute atomic E-state index is 0.0291. The van der Waals surface area contributed by atoms with Crippen molar-refractivity contribution in [1.82, 2.24) is 0 Å². The first-order chi connectivity index (χ1) is 6.37. The summed E-state index contributed by atoms with van der Waals surface area (Å²) in [6.07, 6.45) is 0. The maximum absolute atomic E-state index is 13.5. The maximum Gasteiger partial charge on any atom is 0.275 e. The minimum Gasteiger partial charge on any atom is -0.258 e. The van der Waals surface area contributed by atoms with E-state index in [2.05, 4.69) is 0 Å². The first kappa shape index (κ1) is 10.6. The van der Waals surface area contributed by atoms with Crippen LogP contribution in [0.2, 0.25) is 0 Å². The number of rotatable bonds is 1. The van der Waals surface area contributed by atoms with E-state index in [1.54, 1.807) is 27.7 Å². The van der Waals surface area contributed by atoms with E-state index < -0.39 is 4.92 Å². The summed E-state index contributed by atoms with van der Waals surface area (Å²) in [6.45, 7) is 6.26. The average molecular weight is 197 g/mol. The zero-order valence-corrected chi connectivity index (χ0v) is 8.64. The van der Waals surface area contributed by atoms with Crippen molar-refractivity contribution < 1.29 is 9.31 Å². The Labute approximate surface area is 81.7 Å². The Balaban J connectivity index is 3.68. The molecular weight excluding hydrogens is 185 g/mol. The van der Waals surface area contributed by atoms with Crippen LogP contribution in [0.25, 0.3) is 0 Å². The van der Waals surface area contributed by atoms with Crippen LogP contribution < -0.4 is 0 Å². The Morgan fingerprint density at radius 2 is 1.36 bits per heavy atom. The van der Waals surface area contributed by atoms with Gasteiger partial charge in [-0.3, -0.25) is 10.1 Å². The molecule has 1 rings (SSSR count). The number of nitro benzene ring substituents is 1. The molecule has 0 spiro atoms. The van der Waals surface area contributed by atoms with Crippen molar-refractivity contribution >= 4 is 5.69 Å². The van der Waals surface area contributed by atoms with Gasteiger partial charge >= 0.3 is 0 Å². The molecule has 0 N–H and O–H groups in total. The molecule has 0 saturated heterocycles. The predicted octanol–water partition coefficient (Wildman–Crippen LogP) is 2.97. The van der Waals surface area contributed by atoms with Crippen molar-refractivity contribution in [3.63, 3.8) is 0 Å². The molecule has 3 nitrogen and oxygen atoms in total. The molecule has 4 heteroatoms. The summed E-state index contributed by atoms with van der Waals surface area (Å²) < 4.78 is 13.5. The van der Waals surface area contributed by atoms with E-state index in [9.17, 15) is 14.5 Å². The van der Waals surface area contributed by atoms with Crippen molar-refractivity contribution in [3.05, 3.63) is 38.2 Å². The van der Waals surface area contributed by atoms with Crippen LogP contribution in [0.4, 0.5) is 10.1 Å². The second-order valence-corrected chi connectivity index (χ2v) is 3.42. The van der Waals surface area contributed by atoms with E-state index in [0.717, 1.165) is 0 Å². The molecule has 14 heavy (non-hydrogen) atoms. The van der Waals surface area contributed by atoms with Crippen LogP contribution in [0.3, 0.4) is 0 Å². The van der Waals surface area contributed by atoms with Crippen molar-refractivity contribution in [3.8, 4) is 0 Å². The molecule has 0 aliphatic rings. The molecule has 1 aromatic rings. The van der Waals surface area contributed by atoms with Gasteiger partial charge in [-0.15, -0.1) is 0 Å². The van der Waals surface area contributed by atoms with Gasteiger partial charge in [-0.25, -0.2) is 4.39 Å². The zero-order valence-electron chi connectivity index (χ0n) is 8.64. The van der Waals surface area contributed by atoms with Crippen LogP contribution in [0.1, 0.15) is 22.3 Å². The van der Waals surface area contributed by atoms with Crippen molar-refractivity contribution in [1.29, 1.82) is 0 Å². The summed E-state index contributed by atoms with van der Waals surface area (Å²) in [5.41, 5.74) is 1.58. The lowest BCUT2D eigenvalue weighted by Crippen LogP contribution is -2.03. The number of hydrogen-bond acceptors (Lipinski definition) is 2. The van der Waals surface area contributed by atoms with Crippen LogP contribution in [-0.4, -0.2) is 4.92 Å². The maximum atomic E-state index is 13.5. The molecule has 0 saturated carbocycles. The van der Waals surface area contributed by atoms with Gasteiger partial charge in [0.15, 0.2) is 0 Å². The molecule has 0 aliphatic heterocycles. The van der Waals surface area contributed by atoms with E-state index in [1.165, 1.54) is 0 Å². The fourth-order valence-corrected chi connectivity index (χ4v) is 1.52. The summed E-state index contributed by atoms with van der Waals surface area (Å²) in [7, 11) is 0. The number of benzene rings is 1. The number of hydrogen-bond donors (Lipinski definition) is 0. The van der Waals surface area contributed by atoms with E-state index >= 15 is 0 Å². The molecule has 0 radical (unpaired) electrons. The third-order valence-corrected chi connectivity index (χ3v) is 2.68. The smallest absolute Gasteiger partial charge is 0.258 e. The van der Waals surface area contributed by atoms with E-state index in [1.807, 2.05) is 0 Å².